The molecule has 4 bridgehead atoms. The Hall–Kier alpha value is -2.42. The summed E-state index contributed by atoms with van der Waals surface area (Å²) in [7, 11) is 0. The zero-order chi connectivity index (χ0) is 32.2. The Kier molecular flexibility index (Phi) is 12.4. The molecule has 6 nitrogen and oxygen atoms in total. The van der Waals surface area contributed by atoms with Gasteiger partial charge in [-0.1, -0.05) is 18.2 Å². The number of ketones is 1. The average molecular weight is 682 g/mol. The van der Waals surface area contributed by atoms with Crippen molar-refractivity contribution >= 4 is 67.2 Å². The summed E-state index contributed by atoms with van der Waals surface area (Å²) in [5.41, 5.74) is 7.48. The maximum absolute atomic E-state index is 12.8. The van der Waals surface area contributed by atoms with Crippen molar-refractivity contribution in [3.63, 3.8) is 0 Å². The number of nitrogens with two attached hydrogens (primary N) is 1. The second-order valence-corrected chi connectivity index (χ2v) is 15.8. The molecule has 0 spiro atoms. The summed E-state index contributed by atoms with van der Waals surface area (Å²) in [6.07, 6.45) is 6.13. The van der Waals surface area contributed by atoms with Crippen molar-refractivity contribution in [3.05, 3.63) is 70.9 Å². The Balaban J connectivity index is 0.000000167. The normalized spacial score (nSPS) is 27.8. The van der Waals surface area contributed by atoms with Crippen LogP contribution in [0.1, 0.15) is 70.2 Å². The molecule has 2 aromatic heterocycles. The third-order valence-electron chi connectivity index (χ3n) is 11.1. The number of nitrogens with zero attached hydrogens (tertiary/aromatic N) is 2. The van der Waals surface area contributed by atoms with Crippen LogP contribution >= 0.6 is 35.1 Å². The highest BCUT2D eigenvalue weighted by Gasteiger charge is 2.48. The molecule has 0 radical (unpaired) electrons. The fourth-order valence-corrected chi connectivity index (χ4v) is 9.65. The lowest BCUT2D eigenvalue weighted by Gasteiger charge is -2.56. The molecule has 9 heteroatoms. The Bertz CT molecular complexity index is 1580. The van der Waals surface area contributed by atoms with Gasteiger partial charge >= 0.3 is 6.15 Å². The van der Waals surface area contributed by atoms with Crippen LogP contribution in [0.5, 0.6) is 0 Å². The van der Waals surface area contributed by atoms with Crippen molar-refractivity contribution in [3.8, 4) is 0 Å². The van der Waals surface area contributed by atoms with Gasteiger partial charge in [-0.25, -0.2) is 0 Å². The maximum atomic E-state index is 12.8. The molecule has 6 aliphatic heterocycles. The highest BCUT2D eigenvalue weighted by molar-refractivity contribution is 7.17. The highest BCUT2D eigenvalue weighted by atomic mass is 35.5. The lowest BCUT2D eigenvalue weighted by molar-refractivity contribution is -0.191. The van der Waals surface area contributed by atoms with Crippen LogP contribution in [0.3, 0.4) is 0 Å². The van der Waals surface area contributed by atoms with E-state index >= 15 is 0 Å². The second kappa shape index (κ2) is 15.7. The van der Waals surface area contributed by atoms with Crippen molar-refractivity contribution in [2.45, 2.75) is 76.9 Å². The lowest BCUT2D eigenvalue weighted by atomic mass is 9.65. The van der Waals surface area contributed by atoms with Gasteiger partial charge in [0.15, 0.2) is 5.78 Å². The molecule has 4 aromatic rings. The van der Waals surface area contributed by atoms with Crippen LogP contribution in [-0.2, 0) is 9.59 Å². The van der Waals surface area contributed by atoms with Crippen LogP contribution in [0, 0.1) is 17.8 Å². The number of Topliss-reactive ketones (excluding diaryl/α,β-unsaturated/α-hetero) is 1. The minimum absolute atomic E-state index is 0. The van der Waals surface area contributed by atoms with Crippen molar-refractivity contribution < 1.29 is 14.4 Å². The smallest absolute Gasteiger partial charge is 0.326 e. The number of rotatable bonds is 3. The molecule has 0 unspecified atom stereocenters. The number of thiophene rings is 2. The Morgan fingerprint density at radius 1 is 0.783 bits per heavy atom. The van der Waals surface area contributed by atoms with Crippen molar-refractivity contribution in [1.82, 2.24) is 9.80 Å². The van der Waals surface area contributed by atoms with Gasteiger partial charge in [-0.3, -0.25) is 14.6 Å². The van der Waals surface area contributed by atoms with Crippen LogP contribution in [0.2, 0.25) is 0 Å². The zero-order valence-electron chi connectivity index (χ0n) is 27.4. The van der Waals surface area contributed by atoms with E-state index in [0.717, 1.165) is 17.4 Å². The van der Waals surface area contributed by atoms with Crippen LogP contribution < -0.4 is 5.73 Å². The molecule has 248 valence electrons. The molecular formula is C37H48ClN3O3S2. The Labute approximate surface area is 287 Å². The molecule has 0 saturated carbocycles. The molecule has 2 N–H and O–H groups in total. The second-order valence-electron chi connectivity index (χ2n) is 13.9. The van der Waals surface area contributed by atoms with Crippen molar-refractivity contribution in [2.75, 3.05) is 26.2 Å². The van der Waals surface area contributed by atoms with E-state index < -0.39 is 0 Å². The number of piperidine rings is 6. The molecule has 0 amide bonds. The maximum Gasteiger partial charge on any atom is 0.373 e. The first-order chi connectivity index (χ1) is 21.6. The summed E-state index contributed by atoms with van der Waals surface area (Å²) in [4.78, 5) is 34.2. The van der Waals surface area contributed by atoms with Gasteiger partial charge in [0.25, 0.3) is 0 Å². The van der Waals surface area contributed by atoms with Gasteiger partial charge in [0.05, 0.1) is 0 Å². The third-order valence-corrected chi connectivity index (χ3v) is 12.8. The van der Waals surface area contributed by atoms with E-state index in [1.165, 1.54) is 72.0 Å². The van der Waals surface area contributed by atoms with E-state index in [1.54, 1.807) is 22.7 Å². The first kappa shape index (κ1) is 36.4. The molecule has 0 aliphatic carbocycles. The van der Waals surface area contributed by atoms with Gasteiger partial charge in [0.2, 0.25) is 0 Å². The summed E-state index contributed by atoms with van der Waals surface area (Å²) in [6, 6.07) is 19.2. The van der Waals surface area contributed by atoms with Gasteiger partial charge in [0.1, 0.15) is 0 Å². The number of carbonyl (C=O) groups excluding carboxylic acids is 3. The van der Waals surface area contributed by atoms with Crippen LogP contribution in [0.25, 0.3) is 20.2 Å². The molecular weight excluding hydrogens is 634 g/mol. The molecule has 46 heavy (non-hydrogen) atoms. The summed E-state index contributed by atoms with van der Waals surface area (Å²) in [6.45, 7) is 14.2. The van der Waals surface area contributed by atoms with E-state index in [1.807, 2.05) is 6.07 Å². The summed E-state index contributed by atoms with van der Waals surface area (Å²) in [5.74, 6) is 2.35. The number of hydrogen-bond acceptors (Lipinski definition) is 8. The summed E-state index contributed by atoms with van der Waals surface area (Å²) in [5, 5.41) is 6.76. The van der Waals surface area contributed by atoms with E-state index in [9.17, 15) is 4.79 Å². The number of benzene rings is 2. The van der Waals surface area contributed by atoms with Gasteiger partial charge in [-0.2, -0.15) is 9.59 Å². The molecule has 6 aliphatic rings. The van der Waals surface area contributed by atoms with Gasteiger partial charge in [-0.15, -0.1) is 35.1 Å². The first-order valence-corrected chi connectivity index (χ1v) is 18.0. The van der Waals surface area contributed by atoms with E-state index in [-0.39, 0.29) is 29.6 Å². The lowest BCUT2D eigenvalue weighted by Crippen LogP contribution is -2.67. The van der Waals surface area contributed by atoms with Crippen LogP contribution in [0.4, 0.5) is 0 Å². The SMILES string of the molecule is CC1(C)[C@H](CC(=O)c2ccc3sccc3c2)C2CCN1CC2.CC1(C)[C@H](N)C2CCN1CC2.Cl.O=C=O.c1ccc2sccc2c1. The van der Waals surface area contributed by atoms with Crippen LogP contribution in [0.15, 0.2) is 65.4 Å². The summed E-state index contributed by atoms with van der Waals surface area (Å²) < 4.78 is 2.64. The minimum Gasteiger partial charge on any atom is -0.326 e. The third kappa shape index (κ3) is 7.82. The van der Waals surface area contributed by atoms with Gasteiger partial charge < -0.3 is 5.73 Å². The average Bonchev–Trinajstić information content (AvgIpc) is 3.72. The number of carbonyl (C=O) groups is 1. The minimum atomic E-state index is 0. The predicted molar refractivity (Wildman–Crippen MR) is 193 cm³/mol. The molecule has 2 aromatic carbocycles. The van der Waals surface area contributed by atoms with E-state index in [4.69, 9.17) is 15.3 Å². The fourth-order valence-electron chi connectivity index (χ4n) is 8.09. The number of fused-ring (bicyclic) bond motifs is 8. The van der Waals surface area contributed by atoms with Gasteiger partial charge in [-0.05, 0) is 155 Å². The predicted octanol–water partition coefficient (Wildman–Crippen LogP) is 8.15. The van der Waals surface area contributed by atoms with Crippen LogP contribution in [-0.4, -0.2) is 65.0 Å². The molecule has 2 atom stereocenters. The molecule has 8 heterocycles. The fraction of sp³-hybridized carbons (Fsp3) is 0.514. The quantitative estimate of drug-likeness (QED) is 0.220. The Morgan fingerprint density at radius 3 is 1.83 bits per heavy atom. The van der Waals surface area contributed by atoms with E-state index in [2.05, 4.69) is 96.8 Å². The molecule has 10 rings (SSSR count). The zero-order valence-corrected chi connectivity index (χ0v) is 29.9. The summed E-state index contributed by atoms with van der Waals surface area (Å²) >= 11 is 3.52. The Morgan fingerprint density at radius 2 is 1.30 bits per heavy atom. The standard InChI is InChI=1S/C19H23NOS.C9H18N2.C8H6S.CO2.ClH/c1-19(2)16(13-5-8-20(19)9-6-13)12-17(21)14-3-4-18-15(11-14)7-10-22-18;1-9(2)8(10)7-3-5-11(9)6-4-7;1-2-4-8-7(3-1)5-6-9-8;2-1-3;/h3-4,7,10-11,13,16H,5-6,8-9,12H2,1-2H3;7-8H,3-6,10H2,1-2H3;1-6H;;1H/t16-;8-;;;/m11.../s1. The largest absolute Gasteiger partial charge is 0.373 e. The van der Waals surface area contributed by atoms with Crippen molar-refractivity contribution in [1.29, 1.82) is 0 Å². The molecule has 6 saturated heterocycles. The van der Waals surface area contributed by atoms with Crippen molar-refractivity contribution in [2.24, 2.45) is 23.5 Å². The highest BCUT2D eigenvalue weighted by Crippen LogP contribution is 2.46. The number of hydrogen-bond donors (Lipinski definition) is 1. The monoisotopic (exact) mass is 681 g/mol. The topological polar surface area (TPSA) is 83.7 Å². The number of halogens is 1. The molecule has 6 fully saturated rings. The van der Waals surface area contributed by atoms with Gasteiger partial charge in [0, 0.05) is 38.5 Å². The van der Waals surface area contributed by atoms with E-state index in [0.29, 0.717) is 24.2 Å². The first-order valence-electron chi connectivity index (χ1n) is 16.2.